The maximum absolute atomic E-state index is 12.6. The van der Waals surface area contributed by atoms with E-state index in [1.54, 1.807) is 0 Å². The Morgan fingerprint density at radius 1 is 1.00 bits per heavy atom. The average Bonchev–Trinajstić information content (AvgIpc) is 2.50. The van der Waals surface area contributed by atoms with Crippen molar-refractivity contribution in [2.24, 2.45) is 0 Å². The molecule has 0 saturated heterocycles. The van der Waals surface area contributed by atoms with E-state index in [-0.39, 0.29) is 5.78 Å². The van der Waals surface area contributed by atoms with Crippen LogP contribution in [-0.2, 0) is 4.79 Å². The molecule has 0 N–H and O–H groups in total. The summed E-state index contributed by atoms with van der Waals surface area (Å²) in [6, 6.07) is 4.37. The van der Waals surface area contributed by atoms with E-state index in [4.69, 9.17) is 0 Å². The summed E-state index contributed by atoms with van der Waals surface area (Å²) in [5.41, 5.74) is 9.33. The normalized spacial score (nSPS) is 13.8. The minimum Gasteiger partial charge on any atom is -0.294 e. The van der Waals surface area contributed by atoms with Crippen molar-refractivity contribution in [1.82, 2.24) is 0 Å². The van der Waals surface area contributed by atoms with Gasteiger partial charge in [0, 0.05) is 6.42 Å². The third-order valence-electron chi connectivity index (χ3n) is 4.78. The molecule has 0 aliphatic heterocycles. The van der Waals surface area contributed by atoms with E-state index in [0.29, 0.717) is 6.42 Å². The number of hydrogen-bond acceptors (Lipinski definition) is 1. The lowest BCUT2D eigenvalue weighted by Crippen LogP contribution is -2.03. The van der Waals surface area contributed by atoms with E-state index in [9.17, 15) is 4.79 Å². The first kappa shape index (κ1) is 20.2. The summed E-state index contributed by atoms with van der Waals surface area (Å²) >= 11 is 0. The van der Waals surface area contributed by atoms with Gasteiger partial charge in [-0.2, -0.15) is 0 Å². The van der Waals surface area contributed by atoms with Crippen molar-refractivity contribution in [1.29, 1.82) is 0 Å². The smallest absolute Gasteiger partial charge is 0.162 e. The third kappa shape index (κ3) is 5.33. The number of Topliss-reactive ketones (excluding diaryl/α,β-unsaturated/α-hetero) is 1. The van der Waals surface area contributed by atoms with Crippen molar-refractivity contribution in [3.8, 4) is 0 Å². The highest BCUT2D eigenvalue weighted by molar-refractivity contribution is 6.02. The second-order valence-corrected chi connectivity index (χ2v) is 6.93. The Kier molecular flexibility index (Phi) is 7.41. The molecule has 0 aliphatic carbocycles. The molecule has 24 heavy (non-hydrogen) atoms. The van der Waals surface area contributed by atoms with Crippen molar-refractivity contribution in [2.75, 3.05) is 0 Å². The van der Waals surface area contributed by atoms with Gasteiger partial charge in [-0.25, -0.2) is 0 Å². The number of carbonyl (C=O) groups excluding carboxylic acids is 1. The molecular weight excluding hydrogens is 292 g/mol. The highest BCUT2D eigenvalue weighted by Gasteiger charge is 2.11. The van der Waals surface area contributed by atoms with Crippen LogP contribution in [0.5, 0.6) is 0 Å². The SMILES string of the molecule is CC/C=C(C)\C=C(\C)CC(=O)/C(C)=C(\C)c1cc(C)c(C)c(C)c1. The topological polar surface area (TPSA) is 17.1 Å². The summed E-state index contributed by atoms with van der Waals surface area (Å²) in [6.45, 7) is 16.7. The number of aryl methyl sites for hydroxylation is 2. The van der Waals surface area contributed by atoms with Crippen LogP contribution in [0.3, 0.4) is 0 Å². The second-order valence-electron chi connectivity index (χ2n) is 6.93. The first-order chi connectivity index (χ1) is 11.2. The Morgan fingerprint density at radius 2 is 1.54 bits per heavy atom. The molecule has 1 aromatic rings. The van der Waals surface area contributed by atoms with Crippen LogP contribution in [0.1, 0.15) is 69.7 Å². The van der Waals surface area contributed by atoms with Crippen LogP contribution in [0, 0.1) is 20.8 Å². The van der Waals surface area contributed by atoms with Crippen molar-refractivity contribution < 1.29 is 4.79 Å². The molecule has 0 radical (unpaired) electrons. The van der Waals surface area contributed by atoms with Crippen LogP contribution in [0.15, 0.2) is 41.0 Å². The Labute approximate surface area is 148 Å². The molecule has 1 heteroatoms. The van der Waals surface area contributed by atoms with E-state index in [2.05, 4.69) is 65.8 Å². The Balaban J connectivity index is 3.06. The molecule has 0 amide bonds. The molecule has 1 nitrogen and oxygen atoms in total. The lowest BCUT2D eigenvalue weighted by molar-refractivity contribution is -0.114. The van der Waals surface area contributed by atoms with Gasteiger partial charge in [-0.05, 0) is 88.3 Å². The van der Waals surface area contributed by atoms with Crippen LogP contribution in [0.2, 0.25) is 0 Å². The molecule has 0 unspecified atom stereocenters. The van der Waals surface area contributed by atoms with E-state index >= 15 is 0 Å². The molecular formula is C23H32O. The summed E-state index contributed by atoms with van der Waals surface area (Å²) in [5.74, 6) is 0.210. The van der Waals surface area contributed by atoms with Crippen molar-refractivity contribution in [3.63, 3.8) is 0 Å². The number of ketones is 1. The van der Waals surface area contributed by atoms with Gasteiger partial charge in [-0.15, -0.1) is 0 Å². The van der Waals surface area contributed by atoms with E-state index in [0.717, 1.165) is 28.7 Å². The van der Waals surface area contributed by atoms with E-state index in [1.165, 1.54) is 22.3 Å². The van der Waals surface area contributed by atoms with Crippen molar-refractivity contribution in [2.45, 2.75) is 68.2 Å². The molecule has 0 heterocycles. The van der Waals surface area contributed by atoms with Gasteiger partial charge in [0.2, 0.25) is 0 Å². The molecule has 130 valence electrons. The zero-order valence-corrected chi connectivity index (χ0v) is 16.6. The lowest BCUT2D eigenvalue weighted by atomic mass is 9.92. The first-order valence-corrected chi connectivity index (χ1v) is 8.80. The second kappa shape index (κ2) is 8.82. The van der Waals surface area contributed by atoms with Gasteiger partial charge in [0.15, 0.2) is 5.78 Å². The van der Waals surface area contributed by atoms with Crippen LogP contribution in [-0.4, -0.2) is 5.78 Å². The summed E-state index contributed by atoms with van der Waals surface area (Å²) in [4.78, 5) is 12.6. The van der Waals surface area contributed by atoms with Gasteiger partial charge in [-0.1, -0.05) is 42.4 Å². The van der Waals surface area contributed by atoms with Gasteiger partial charge < -0.3 is 0 Å². The zero-order chi connectivity index (χ0) is 18.4. The monoisotopic (exact) mass is 324 g/mol. The predicted molar refractivity (Wildman–Crippen MR) is 106 cm³/mol. The molecule has 0 fully saturated rings. The van der Waals surface area contributed by atoms with E-state index < -0.39 is 0 Å². The number of rotatable bonds is 6. The molecule has 0 bridgehead atoms. The fourth-order valence-electron chi connectivity index (χ4n) is 2.88. The third-order valence-corrected chi connectivity index (χ3v) is 4.78. The van der Waals surface area contributed by atoms with Crippen molar-refractivity contribution in [3.05, 3.63) is 63.3 Å². The molecule has 1 aromatic carbocycles. The van der Waals surface area contributed by atoms with Crippen LogP contribution < -0.4 is 0 Å². The number of carbonyl (C=O) groups is 1. The lowest BCUT2D eigenvalue weighted by Gasteiger charge is -2.12. The highest BCUT2D eigenvalue weighted by atomic mass is 16.1. The molecule has 0 aliphatic rings. The minimum atomic E-state index is 0.210. The van der Waals surface area contributed by atoms with Crippen LogP contribution in [0.25, 0.3) is 5.57 Å². The predicted octanol–water partition coefficient (Wildman–Crippen LogP) is 6.67. The maximum Gasteiger partial charge on any atom is 0.162 e. The summed E-state index contributed by atoms with van der Waals surface area (Å²) in [7, 11) is 0. The molecule has 0 aromatic heterocycles. The fourth-order valence-corrected chi connectivity index (χ4v) is 2.88. The average molecular weight is 325 g/mol. The van der Waals surface area contributed by atoms with Gasteiger partial charge >= 0.3 is 0 Å². The molecule has 0 saturated carbocycles. The summed E-state index contributed by atoms with van der Waals surface area (Å²) in [5, 5.41) is 0. The largest absolute Gasteiger partial charge is 0.294 e. The van der Waals surface area contributed by atoms with Crippen LogP contribution in [0.4, 0.5) is 0 Å². The number of benzene rings is 1. The van der Waals surface area contributed by atoms with Gasteiger partial charge in [0.05, 0.1) is 0 Å². The van der Waals surface area contributed by atoms with E-state index in [1.807, 2.05) is 13.8 Å². The van der Waals surface area contributed by atoms with Gasteiger partial charge in [0.1, 0.15) is 0 Å². The summed E-state index contributed by atoms with van der Waals surface area (Å²) < 4.78 is 0. The van der Waals surface area contributed by atoms with Crippen molar-refractivity contribution >= 4 is 11.4 Å². The number of allylic oxidation sites excluding steroid dienone is 6. The minimum absolute atomic E-state index is 0.210. The quantitative estimate of drug-likeness (QED) is 0.422. The molecule has 1 rings (SSSR count). The maximum atomic E-state index is 12.6. The van der Waals surface area contributed by atoms with Gasteiger partial charge in [-0.3, -0.25) is 4.79 Å². The number of hydrogen-bond donors (Lipinski definition) is 0. The Bertz CT molecular complexity index is 689. The first-order valence-electron chi connectivity index (χ1n) is 8.80. The molecule has 0 spiro atoms. The standard InChI is InChI=1S/C23H32O/c1-9-10-15(2)11-16(3)12-23(24)21(8)20(7)22-13-17(4)19(6)18(5)14-22/h10-11,13-14H,9,12H2,1-8H3/b15-10-,16-11-,21-20+. The highest BCUT2D eigenvalue weighted by Crippen LogP contribution is 2.25. The Morgan fingerprint density at radius 3 is 2.04 bits per heavy atom. The zero-order valence-electron chi connectivity index (χ0n) is 16.6. The Hall–Kier alpha value is -1.89. The molecule has 0 atom stereocenters. The van der Waals surface area contributed by atoms with Gasteiger partial charge in [0.25, 0.3) is 0 Å². The van der Waals surface area contributed by atoms with Crippen LogP contribution >= 0.6 is 0 Å². The summed E-state index contributed by atoms with van der Waals surface area (Å²) in [6.07, 6.45) is 5.81. The fraction of sp³-hybridized carbons (Fsp3) is 0.435.